The number of carbonyl (C=O) groups excluding carboxylic acids is 1. The summed E-state index contributed by atoms with van der Waals surface area (Å²) in [5.74, 6) is -0.390. The standard InChI is InChI=1S/C20H25N3O4/c1-22(14-18-7-4-10-27-18)12-16-6-3-2-5-15(16)11-21-20(26)23-9-8-17(13-23)19(24)25/h2-7,10,17H,8-9,11-14H2,1H3,(H,21,26)(H,24,25). The molecule has 1 aromatic heterocycles. The highest BCUT2D eigenvalue weighted by Gasteiger charge is 2.30. The highest BCUT2D eigenvalue weighted by molar-refractivity contribution is 5.77. The molecule has 2 amide bonds. The van der Waals surface area contributed by atoms with E-state index in [1.54, 1.807) is 11.2 Å². The van der Waals surface area contributed by atoms with Crippen LogP contribution in [0.15, 0.2) is 47.1 Å². The third kappa shape index (κ3) is 5.10. The molecule has 1 atom stereocenters. The second-order valence-electron chi connectivity index (χ2n) is 6.95. The van der Waals surface area contributed by atoms with Crippen molar-refractivity contribution in [1.29, 1.82) is 0 Å². The molecule has 1 unspecified atom stereocenters. The number of urea groups is 1. The third-order valence-corrected chi connectivity index (χ3v) is 4.82. The monoisotopic (exact) mass is 371 g/mol. The number of amides is 2. The number of nitrogens with zero attached hydrogens (tertiary/aromatic N) is 2. The average Bonchev–Trinajstić information content (AvgIpc) is 3.32. The van der Waals surface area contributed by atoms with Gasteiger partial charge in [-0.3, -0.25) is 9.69 Å². The van der Waals surface area contributed by atoms with Gasteiger partial charge in [0, 0.05) is 26.2 Å². The first kappa shape index (κ1) is 19.0. The third-order valence-electron chi connectivity index (χ3n) is 4.82. The zero-order chi connectivity index (χ0) is 19.2. The Hall–Kier alpha value is -2.80. The van der Waals surface area contributed by atoms with Crippen molar-refractivity contribution in [2.45, 2.75) is 26.1 Å². The maximum absolute atomic E-state index is 12.3. The smallest absolute Gasteiger partial charge is 0.317 e. The molecule has 7 heteroatoms. The van der Waals surface area contributed by atoms with Crippen LogP contribution < -0.4 is 5.32 Å². The van der Waals surface area contributed by atoms with E-state index in [4.69, 9.17) is 9.52 Å². The molecule has 0 aliphatic carbocycles. The van der Waals surface area contributed by atoms with Crippen LogP contribution in [0.3, 0.4) is 0 Å². The molecule has 3 rings (SSSR count). The van der Waals surface area contributed by atoms with Gasteiger partial charge in [0.1, 0.15) is 5.76 Å². The van der Waals surface area contributed by atoms with Crippen LogP contribution in [0, 0.1) is 5.92 Å². The summed E-state index contributed by atoms with van der Waals surface area (Å²) in [6.45, 7) is 2.61. The topological polar surface area (TPSA) is 86.0 Å². The van der Waals surface area contributed by atoms with Gasteiger partial charge < -0.3 is 19.7 Å². The number of hydrogen-bond acceptors (Lipinski definition) is 4. The summed E-state index contributed by atoms with van der Waals surface area (Å²) in [6.07, 6.45) is 2.18. The Morgan fingerprint density at radius 3 is 2.67 bits per heavy atom. The van der Waals surface area contributed by atoms with Crippen LogP contribution in [-0.4, -0.2) is 47.0 Å². The molecule has 2 N–H and O–H groups in total. The number of nitrogens with one attached hydrogen (secondary N) is 1. The van der Waals surface area contributed by atoms with Crippen LogP contribution in [0.4, 0.5) is 4.79 Å². The van der Waals surface area contributed by atoms with Gasteiger partial charge >= 0.3 is 12.0 Å². The summed E-state index contributed by atoms with van der Waals surface area (Å²) in [7, 11) is 2.02. The molecule has 0 saturated carbocycles. The fraction of sp³-hybridized carbons (Fsp3) is 0.400. The van der Waals surface area contributed by atoms with Gasteiger partial charge in [0.25, 0.3) is 0 Å². The van der Waals surface area contributed by atoms with Crippen molar-refractivity contribution >= 4 is 12.0 Å². The maximum Gasteiger partial charge on any atom is 0.317 e. The van der Waals surface area contributed by atoms with E-state index in [1.165, 1.54) is 0 Å². The van der Waals surface area contributed by atoms with Crippen molar-refractivity contribution in [2.24, 2.45) is 5.92 Å². The largest absolute Gasteiger partial charge is 0.481 e. The second-order valence-corrected chi connectivity index (χ2v) is 6.95. The van der Waals surface area contributed by atoms with Crippen molar-refractivity contribution in [3.8, 4) is 0 Å². The number of hydrogen-bond donors (Lipinski definition) is 2. The van der Waals surface area contributed by atoms with Gasteiger partial charge in [-0.25, -0.2) is 4.79 Å². The first-order chi connectivity index (χ1) is 13.0. The summed E-state index contributed by atoms with van der Waals surface area (Å²) in [4.78, 5) is 27.1. The first-order valence-electron chi connectivity index (χ1n) is 9.06. The summed E-state index contributed by atoms with van der Waals surface area (Å²) >= 11 is 0. The molecule has 1 aliphatic heterocycles. The molecule has 0 radical (unpaired) electrons. The predicted molar refractivity (Wildman–Crippen MR) is 99.9 cm³/mol. The van der Waals surface area contributed by atoms with E-state index in [1.807, 2.05) is 37.4 Å². The molecule has 2 aromatic rings. The molecule has 27 heavy (non-hydrogen) atoms. The van der Waals surface area contributed by atoms with Gasteiger partial charge in [0.2, 0.25) is 0 Å². The Morgan fingerprint density at radius 2 is 2.00 bits per heavy atom. The normalized spacial score (nSPS) is 16.7. The van der Waals surface area contributed by atoms with Gasteiger partial charge in [0.05, 0.1) is 18.7 Å². The summed E-state index contributed by atoms with van der Waals surface area (Å²) in [6, 6.07) is 11.6. The van der Waals surface area contributed by atoms with Gasteiger partial charge in [-0.15, -0.1) is 0 Å². The minimum absolute atomic E-state index is 0.211. The number of furan rings is 1. The van der Waals surface area contributed by atoms with Crippen LogP contribution in [0.2, 0.25) is 0 Å². The SMILES string of the molecule is CN(Cc1ccco1)Cc1ccccc1CNC(=O)N1CCC(C(=O)O)C1. The average molecular weight is 371 g/mol. The van der Waals surface area contributed by atoms with Crippen molar-refractivity contribution in [2.75, 3.05) is 20.1 Å². The Kier molecular flexibility index (Phi) is 6.13. The molecule has 7 nitrogen and oxygen atoms in total. The lowest BCUT2D eigenvalue weighted by molar-refractivity contribution is -0.141. The van der Waals surface area contributed by atoms with E-state index >= 15 is 0 Å². The molecule has 1 fully saturated rings. The molecule has 1 aliphatic rings. The fourth-order valence-corrected chi connectivity index (χ4v) is 3.33. The Bertz CT molecular complexity index is 775. The Morgan fingerprint density at radius 1 is 1.22 bits per heavy atom. The van der Waals surface area contributed by atoms with E-state index in [0.29, 0.717) is 26.1 Å². The van der Waals surface area contributed by atoms with Crippen LogP contribution in [-0.2, 0) is 24.4 Å². The number of aliphatic carboxylic acids is 1. The summed E-state index contributed by atoms with van der Waals surface area (Å²) in [5.41, 5.74) is 2.18. The van der Waals surface area contributed by atoms with Crippen LogP contribution in [0.25, 0.3) is 0 Å². The second kappa shape index (κ2) is 8.73. The van der Waals surface area contributed by atoms with E-state index in [2.05, 4.69) is 16.3 Å². The van der Waals surface area contributed by atoms with Gasteiger partial charge in [-0.2, -0.15) is 0 Å². The van der Waals surface area contributed by atoms with E-state index in [0.717, 1.165) is 23.4 Å². The molecular weight excluding hydrogens is 346 g/mol. The van der Waals surface area contributed by atoms with Crippen molar-refractivity contribution in [3.63, 3.8) is 0 Å². The highest BCUT2D eigenvalue weighted by atomic mass is 16.4. The van der Waals surface area contributed by atoms with Gasteiger partial charge in [-0.1, -0.05) is 24.3 Å². The number of carbonyl (C=O) groups is 2. The molecular formula is C20H25N3O4. The Balaban J connectivity index is 1.54. The van der Waals surface area contributed by atoms with E-state index < -0.39 is 11.9 Å². The fourth-order valence-electron chi connectivity index (χ4n) is 3.33. The van der Waals surface area contributed by atoms with Crippen LogP contribution in [0.5, 0.6) is 0 Å². The Labute approximate surface area is 158 Å². The number of rotatable bonds is 7. The van der Waals surface area contributed by atoms with Crippen molar-refractivity contribution < 1.29 is 19.1 Å². The lowest BCUT2D eigenvalue weighted by Gasteiger charge is -2.20. The quantitative estimate of drug-likeness (QED) is 0.781. The molecule has 0 bridgehead atoms. The van der Waals surface area contributed by atoms with E-state index in [9.17, 15) is 9.59 Å². The van der Waals surface area contributed by atoms with Crippen LogP contribution >= 0.6 is 0 Å². The van der Waals surface area contributed by atoms with Crippen LogP contribution in [0.1, 0.15) is 23.3 Å². The first-order valence-corrected chi connectivity index (χ1v) is 9.06. The zero-order valence-electron chi connectivity index (χ0n) is 15.4. The number of likely N-dealkylation sites (tertiary alicyclic amines) is 1. The number of carboxylic acids is 1. The minimum atomic E-state index is -0.838. The maximum atomic E-state index is 12.3. The number of carboxylic acid groups (broad SMARTS) is 1. The number of benzene rings is 1. The minimum Gasteiger partial charge on any atom is -0.481 e. The highest BCUT2D eigenvalue weighted by Crippen LogP contribution is 2.17. The molecule has 1 saturated heterocycles. The predicted octanol–water partition coefficient (Wildman–Crippen LogP) is 2.53. The lowest BCUT2D eigenvalue weighted by Crippen LogP contribution is -2.38. The van der Waals surface area contributed by atoms with Crippen molar-refractivity contribution in [1.82, 2.24) is 15.1 Å². The van der Waals surface area contributed by atoms with Gasteiger partial charge in [-0.05, 0) is 36.7 Å². The molecule has 144 valence electrons. The summed E-state index contributed by atoms with van der Waals surface area (Å²) < 4.78 is 5.39. The summed E-state index contributed by atoms with van der Waals surface area (Å²) in [5, 5.41) is 12.0. The zero-order valence-corrected chi connectivity index (χ0v) is 15.4. The molecule has 1 aromatic carbocycles. The molecule has 0 spiro atoms. The lowest BCUT2D eigenvalue weighted by atomic mass is 10.1. The molecule has 2 heterocycles. The van der Waals surface area contributed by atoms with Crippen molar-refractivity contribution in [3.05, 3.63) is 59.5 Å². The van der Waals surface area contributed by atoms with Gasteiger partial charge in [0.15, 0.2) is 0 Å². The van der Waals surface area contributed by atoms with E-state index in [-0.39, 0.29) is 12.6 Å².